The first-order valence-electron chi connectivity index (χ1n) is 10.3. The number of carbonyl (C=O) groups excluding carboxylic acids is 2. The SMILES string of the molecule is CCOc1cc(C2/C(=C(\O)c3ccncc3)C(=O)C(=O)N2c2ccc(C)c(Cl)c2)ccc1O. The van der Waals surface area contributed by atoms with E-state index in [1.54, 1.807) is 49.4 Å². The number of benzene rings is 2. The van der Waals surface area contributed by atoms with Gasteiger partial charge in [-0.25, -0.2) is 0 Å². The minimum atomic E-state index is -0.975. The number of pyridine rings is 1. The molecular formula is C25H21ClN2O5. The molecule has 1 atom stereocenters. The molecule has 4 rings (SSSR count). The number of carbonyl (C=O) groups is 2. The first-order chi connectivity index (χ1) is 15.8. The number of hydrogen-bond donors (Lipinski definition) is 2. The van der Waals surface area contributed by atoms with E-state index in [9.17, 15) is 19.8 Å². The van der Waals surface area contributed by atoms with Crippen LogP contribution in [0, 0.1) is 6.92 Å². The molecule has 2 heterocycles. The molecule has 2 aromatic carbocycles. The number of ketones is 1. The van der Waals surface area contributed by atoms with Gasteiger partial charge in [0.15, 0.2) is 11.5 Å². The Morgan fingerprint density at radius 2 is 1.85 bits per heavy atom. The van der Waals surface area contributed by atoms with E-state index in [0.29, 0.717) is 28.4 Å². The lowest BCUT2D eigenvalue weighted by Gasteiger charge is -2.26. The Morgan fingerprint density at radius 1 is 1.12 bits per heavy atom. The zero-order valence-electron chi connectivity index (χ0n) is 17.9. The number of amides is 1. The van der Waals surface area contributed by atoms with Crippen molar-refractivity contribution < 1.29 is 24.5 Å². The van der Waals surface area contributed by atoms with Crippen LogP contribution < -0.4 is 9.64 Å². The fourth-order valence-electron chi connectivity index (χ4n) is 3.78. The highest BCUT2D eigenvalue weighted by atomic mass is 35.5. The minimum Gasteiger partial charge on any atom is -0.507 e. The third kappa shape index (κ3) is 4.03. The predicted octanol–water partition coefficient (Wildman–Crippen LogP) is 4.77. The molecule has 0 aliphatic carbocycles. The maximum Gasteiger partial charge on any atom is 0.300 e. The van der Waals surface area contributed by atoms with Gasteiger partial charge in [0.1, 0.15) is 5.76 Å². The molecule has 1 saturated heterocycles. The molecule has 1 aromatic heterocycles. The zero-order valence-corrected chi connectivity index (χ0v) is 18.7. The van der Waals surface area contributed by atoms with Gasteiger partial charge < -0.3 is 14.9 Å². The summed E-state index contributed by atoms with van der Waals surface area (Å²) < 4.78 is 5.50. The lowest BCUT2D eigenvalue weighted by Crippen LogP contribution is -2.29. The van der Waals surface area contributed by atoms with Gasteiger partial charge in [-0.15, -0.1) is 0 Å². The molecule has 0 saturated carbocycles. The van der Waals surface area contributed by atoms with Crippen LogP contribution >= 0.6 is 11.6 Å². The second-order valence-electron chi connectivity index (χ2n) is 7.50. The number of Topliss-reactive ketones (excluding diaryl/α,β-unsaturated/α-hetero) is 1. The number of aliphatic hydroxyl groups is 1. The molecule has 1 aliphatic rings. The van der Waals surface area contributed by atoms with E-state index in [2.05, 4.69) is 4.98 Å². The highest BCUT2D eigenvalue weighted by Crippen LogP contribution is 2.44. The maximum atomic E-state index is 13.2. The Labute approximate surface area is 195 Å². The number of phenols is 1. The molecule has 168 valence electrons. The number of halogens is 1. The van der Waals surface area contributed by atoms with Gasteiger partial charge in [-0.2, -0.15) is 0 Å². The summed E-state index contributed by atoms with van der Waals surface area (Å²) >= 11 is 6.31. The van der Waals surface area contributed by atoms with Crippen LogP contribution in [0.3, 0.4) is 0 Å². The topological polar surface area (TPSA) is 100.0 Å². The maximum absolute atomic E-state index is 13.2. The summed E-state index contributed by atoms with van der Waals surface area (Å²) in [5, 5.41) is 21.7. The standard InChI is InChI=1S/C25H21ClN2O5/c1-3-33-20-12-16(5-7-19(20)29)22-21(23(30)15-8-10-27-11-9-15)24(31)25(32)28(22)17-6-4-14(2)18(26)13-17/h4-13,22,29-30H,3H2,1-2H3/b23-21+. The summed E-state index contributed by atoms with van der Waals surface area (Å²) in [5.41, 5.74) is 1.95. The summed E-state index contributed by atoms with van der Waals surface area (Å²) in [5.74, 6) is -1.84. The molecular weight excluding hydrogens is 444 g/mol. The number of aromatic nitrogens is 1. The highest BCUT2D eigenvalue weighted by Gasteiger charge is 2.47. The van der Waals surface area contributed by atoms with Crippen molar-refractivity contribution in [2.75, 3.05) is 11.5 Å². The fraction of sp³-hybridized carbons (Fsp3) is 0.160. The molecule has 33 heavy (non-hydrogen) atoms. The third-order valence-corrected chi connectivity index (χ3v) is 5.84. The van der Waals surface area contributed by atoms with E-state index in [-0.39, 0.29) is 22.8 Å². The van der Waals surface area contributed by atoms with Crippen LogP contribution in [0.1, 0.15) is 29.7 Å². The molecule has 0 radical (unpaired) electrons. The lowest BCUT2D eigenvalue weighted by atomic mass is 9.95. The Hall–Kier alpha value is -3.84. The molecule has 7 nitrogen and oxygen atoms in total. The molecule has 8 heteroatoms. The van der Waals surface area contributed by atoms with E-state index in [1.807, 2.05) is 6.92 Å². The van der Waals surface area contributed by atoms with Crippen molar-refractivity contribution in [2.24, 2.45) is 0 Å². The summed E-state index contributed by atoms with van der Waals surface area (Å²) in [7, 11) is 0. The van der Waals surface area contributed by atoms with Gasteiger partial charge in [-0.3, -0.25) is 19.5 Å². The summed E-state index contributed by atoms with van der Waals surface area (Å²) in [6, 6.07) is 11.7. The van der Waals surface area contributed by atoms with Gasteiger partial charge in [0.25, 0.3) is 11.7 Å². The second kappa shape index (κ2) is 8.96. The number of rotatable bonds is 5. The van der Waals surface area contributed by atoms with Gasteiger partial charge in [0, 0.05) is 28.7 Å². The Balaban J connectivity index is 1.97. The zero-order chi connectivity index (χ0) is 23.7. The first kappa shape index (κ1) is 22.4. The van der Waals surface area contributed by atoms with Crippen LogP contribution in [0.5, 0.6) is 11.5 Å². The predicted molar refractivity (Wildman–Crippen MR) is 124 cm³/mol. The molecule has 2 N–H and O–H groups in total. The highest BCUT2D eigenvalue weighted by molar-refractivity contribution is 6.51. The van der Waals surface area contributed by atoms with E-state index in [1.165, 1.54) is 23.4 Å². The summed E-state index contributed by atoms with van der Waals surface area (Å²) in [6.45, 7) is 3.91. The van der Waals surface area contributed by atoms with Crippen molar-refractivity contribution in [2.45, 2.75) is 19.9 Å². The average molecular weight is 465 g/mol. The van der Waals surface area contributed by atoms with Crippen molar-refractivity contribution in [3.8, 4) is 11.5 Å². The smallest absolute Gasteiger partial charge is 0.300 e. The Bertz CT molecular complexity index is 1270. The fourth-order valence-corrected chi connectivity index (χ4v) is 3.96. The number of phenolic OH excluding ortho intramolecular Hbond substituents is 1. The summed E-state index contributed by atoms with van der Waals surface area (Å²) in [4.78, 5) is 31.6. The van der Waals surface area contributed by atoms with Crippen LogP contribution in [0.4, 0.5) is 5.69 Å². The molecule has 0 spiro atoms. The Morgan fingerprint density at radius 3 is 2.52 bits per heavy atom. The molecule has 1 aliphatic heterocycles. The van der Waals surface area contributed by atoms with Crippen molar-refractivity contribution in [3.63, 3.8) is 0 Å². The van der Waals surface area contributed by atoms with Crippen LogP contribution in [0.2, 0.25) is 5.02 Å². The minimum absolute atomic E-state index is 0.0786. The van der Waals surface area contributed by atoms with E-state index in [0.717, 1.165) is 5.56 Å². The largest absolute Gasteiger partial charge is 0.507 e. The number of hydrogen-bond acceptors (Lipinski definition) is 6. The van der Waals surface area contributed by atoms with E-state index in [4.69, 9.17) is 16.3 Å². The number of aliphatic hydroxyl groups excluding tert-OH is 1. The van der Waals surface area contributed by atoms with E-state index >= 15 is 0 Å². The second-order valence-corrected chi connectivity index (χ2v) is 7.91. The van der Waals surface area contributed by atoms with E-state index < -0.39 is 17.7 Å². The van der Waals surface area contributed by atoms with Crippen LogP contribution in [0.25, 0.3) is 5.76 Å². The van der Waals surface area contributed by atoms with Crippen molar-refractivity contribution in [1.29, 1.82) is 0 Å². The van der Waals surface area contributed by atoms with Crippen molar-refractivity contribution in [1.82, 2.24) is 4.98 Å². The van der Waals surface area contributed by atoms with Crippen LogP contribution in [-0.4, -0.2) is 33.5 Å². The van der Waals surface area contributed by atoms with Gasteiger partial charge >= 0.3 is 0 Å². The van der Waals surface area contributed by atoms with Crippen molar-refractivity contribution in [3.05, 3.63) is 88.2 Å². The summed E-state index contributed by atoms with van der Waals surface area (Å²) in [6.07, 6.45) is 2.96. The van der Waals surface area contributed by atoms with Crippen LogP contribution in [-0.2, 0) is 9.59 Å². The molecule has 1 fully saturated rings. The molecule has 3 aromatic rings. The van der Waals surface area contributed by atoms with Crippen molar-refractivity contribution >= 4 is 34.7 Å². The average Bonchev–Trinajstić information content (AvgIpc) is 3.08. The van der Waals surface area contributed by atoms with Gasteiger partial charge in [0.05, 0.1) is 18.2 Å². The Kier molecular flexibility index (Phi) is 6.07. The van der Waals surface area contributed by atoms with Gasteiger partial charge in [-0.1, -0.05) is 23.7 Å². The first-order valence-corrected chi connectivity index (χ1v) is 10.6. The number of anilines is 1. The number of aryl methyl sites for hydroxylation is 1. The monoisotopic (exact) mass is 464 g/mol. The van der Waals surface area contributed by atoms with Crippen LogP contribution in [0.15, 0.2) is 66.5 Å². The van der Waals surface area contributed by atoms with Gasteiger partial charge in [-0.05, 0) is 61.4 Å². The molecule has 0 bridgehead atoms. The molecule has 1 unspecified atom stereocenters. The van der Waals surface area contributed by atoms with Gasteiger partial charge in [0.2, 0.25) is 0 Å². The normalized spacial score (nSPS) is 17.4. The number of nitrogens with zero attached hydrogens (tertiary/aromatic N) is 2. The number of aromatic hydroxyl groups is 1. The lowest BCUT2D eigenvalue weighted by molar-refractivity contribution is -0.132. The quantitative estimate of drug-likeness (QED) is 0.320. The number of ether oxygens (including phenoxy) is 1. The molecule has 1 amide bonds. The third-order valence-electron chi connectivity index (χ3n) is 5.43.